The minimum absolute atomic E-state index is 0.0601. The van der Waals surface area contributed by atoms with Crippen molar-refractivity contribution in [3.8, 4) is 0 Å². The number of aliphatic hydroxyl groups is 1. The highest BCUT2D eigenvalue weighted by molar-refractivity contribution is 6.34. The van der Waals surface area contributed by atoms with Crippen molar-refractivity contribution in [3.63, 3.8) is 0 Å². The monoisotopic (exact) mass is 567 g/mol. The van der Waals surface area contributed by atoms with Crippen molar-refractivity contribution in [1.29, 1.82) is 0 Å². The fourth-order valence-corrected chi connectivity index (χ4v) is 5.12. The number of nitrogens with zero attached hydrogens (tertiary/aromatic N) is 3. The Morgan fingerprint density at radius 1 is 1.08 bits per heavy atom. The largest absolute Gasteiger partial charge is 0.430 e. The number of carbonyl (C=O) groups is 2. The molecule has 0 saturated carbocycles. The number of likely N-dealkylation sites (N-methyl/N-ethyl adjacent to an activating group) is 1. The molecule has 0 unspecified atom stereocenters. The molecular weight excluding hydrogens is 531 g/mol. The van der Waals surface area contributed by atoms with E-state index in [1.807, 2.05) is 26.0 Å². The number of hydrogen-bond donors (Lipinski definition) is 1. The Morgan fingerprint density at radius 3 is 2.23 bits per heavy atom. The highest BCUT2D eigenvalue weighted by Crippen LogP contribution is 2.40. The Morgan fingerprint density at radius 2 is 1.69 bits per heavy atom. The summed E-state index contributed by atoms with van der Waals surface area (Å²) in [5.41, 5.74) is -2.67. The minimum Gasteiger partial charge on any atom is -0.371 e. The molecule has 2 aromatic carbocycles. The molecule has 214 valence electrons. The van der Waals surface area contributed by atoms with Crippen LogP contribution in [0.4, 0.5) is 18.9 Å². The Kier molecular flexibility index (Phi) is 9.93. The lowest BCUT2D eigenvalue weighted by Crippen LogP contribution is -2.55. The third-order valence-electron chi connectivity index (χ3n) is 7.62. The maximum absolute atomic E-state index is 13.8. The summed E-state index contributed by atoms with van der Waals surface area (Å²) in [6, 6.07) is 12.0. The standard InChI is InChI=1S/C29H37ClF3N3O3/c1-20(2)35(4)26(37)24-13-12-23(19-25(24)30)36-17-14-21(15-18-36)9-8-16-34(3)27(38)28(39,29(31,32)33)22-10-6-5-7-11-22/h5-7,10-13,19-21,39H,8-9,14-18H2,1-4H3/t28-/m1/s1. The van der Waals surface area contributed by atoms with E-state index in [1.54, 1.807) is 18.0 Å². The van der Waals surface area contributed by atoms with Crippen molar-refractivity contribution in [1.82, 2.24) is 9.80 Å². The number of anilines is 1. The van der Waals surface area contributed by atoms with E-state index in [4.69, 9.17) is 11.6 Å². The fourth-order valence-electron chi connectivity index (χ4n) is 4.86. The number of halogens is 4. The maximum atomic E-state index is 13.8. The molecule has 0 bridgehead atoms. The van der Waals surface area contributed by atoms with Crippen LogP contribution in [0, 0.1) is 5.92 Å². The Balaban J connectivity index is 1.52. The first-order chi connectivity index (χ1) is 18.3. The zero-order chi connectivity index (χ0) is 29.0. The molecule has 2 amide bonds. The van der Waals surface area contributed by atoms with Gasteiger partial charge in [0.05, 0.1) is 10.6 Å². The fraction of sp³-hybridized carbons (Fsp3) is 0.517. The third kappa shape index (κ3) is 6.87. The van der Waals surface area contributed by atoms with Crippen molar-refractivity contribution < 1.29 is 27.9 Å². The number of benzene rings is 2. The average Bonchev–Trinajstić information content (AvgIpc) is 2.91. The van der Waals surface area contributed by atoms with Crippen LogP contribution in [0.1, 0.15) is 55.5 Å². The van der Waals surface area contributed by atoms with Gasteiger partial charge in [-0.1, -0.05) is 41.9 Å². The number of piperidine rings is 1. The molecule has 10 heteroatoms. The normalized spacial score (nSPS) is 16.2. The second-order valence-corrected chi connectivity index (χ2v) is 11.0. The Labute approximate surface area is 233 Å². The molecule has 0 aliphatic carbocycles. The summed E-state index contributed by atoms with van der Waals surface area (Å²) < 4.78 is 41.4. The van der Waals surface area contributed by atoms with Gasteiger partial charge >= 0.3 is 6.18 Å². The summed E-state index contributed by atoms with van der Waals surface area (Å²) in [6.07, 6.45) is -2.07. The number of alkyl halides is 3. The molecule has 3 rings (SSSR count). The maximum Gasteiger partial charge on any atom is 0.430 e. The van der Waals surface area contributed by atoms with Gasteiger partial charge in [-0.3, -0.25) is 9.59 Å². The molecule has 1 saturated heterocycles. The number of rotatable bonds is 9. The number of carbonyl (C=O) groups excluding carboxylic acids is 2. The topological polar surface area (TPSA) is 64.1 Å². The zero-order valence-electron chi connectivity index (χ0n) is 22.8. The van der Waals surface area contributed by atoms with Crippen molar-refractivity contribution in [3.05, 3.63) is 64.7 Å². The van der Waals surface area contributed by atoms with Crippen LogP contribution in [0.15, 0.2) is 48.5 Å². The first kappa shape index (κ1) is 30.8. The van der Waals surface area contributed by atoms with E-state index >= 15 is 0 Å². The number of hydrogen-bond acceptors (Lipinski definition) is 4. The van der Waals surface area contributed by atoms with Crippen LogP contribution in [0.5, 0.6) is 0 Å². The van der Waals surface area contributed by atoms with Gasteiger partial charge in [-0.2, -0.15) is 13.2 Å². The van der Waals surface area contributed by atoms with Crippen LogP contribution in [0.2, 0.25) is 5.02 Å². The van der Waals surface area contributed by atoms with E-state index in [1.165, 1.54) is 25.2 Å². The second kappa shape index (κ2) is 12.6. The van der Waals surface area contributed by atoms with Gasteiger partial charge in [0.2, 0.25) is 0 Å². The molecule has 6 nitrogen and oxygen atoms in total. The molecule has 1 fully saturated rings. The Bertz CT molecular complexity index is 1140. The van der Waals surface area contributed by atoms with E-state index in [0.29, 0.717) is 22.9 Å². The van der Waals surface area contributed by atoms with Crippen LogP contribution in [0.25, 0.3) is 0 Å². The second-order valence-electron chi connectivity index (χ2n) is 10.5. The average molecular weight is 568 g/mol. The molecule has 1 atom stereocenters. The molecule has 1 aliphatic rings. The van der Waals surface area contributed by atoms with Crippen molar-refractivity contribution in [2.75, 3.05) is 38.6 Å². The smallest absolute Gasteiger partial charge is 0.371 e. The van der Waals surface area contributed by atoms with Crippen molar-refractivity contribution in [2.24, 2.45) is 5.92 Å². The summed E-state index contributed by atoms with van der Waals surface area (Å²) in [6.45, 7) is 5.56. The highest BCUT2D eigenvalue weighted by atomic mass is 35.5. The summed E-state index contributed by atoms with van der Waals surface area (Å²) >= 11 is 6.45. The lowest BCUT2D eigenvalue weighted by molar-refractivity contribution is -0.261. The van der Waals surface area contributed by atoms with Crippen LogP contribution in [-0.2, 0) is 10.4 Å². The zero-order valence-corrected chi connectivity index (χ0v) is 23.6. The van der Waals surface area contributed by atoms with E-state index < -0.39 is 23.2 Å². The van der Waals surface area contributed by atoms with Gasteiger partial charge in [-0.15, -0.1) is 0 Å². The molecular formula is C29H37ClF3N3O3. The van der Waals surface area contributed by atoms with Gasteiger partial charge in [0.15, 0.2) is 0 Å². The van der Waals surface area contributed by atoms with Crippen LogP contribution >= 0.6 is 11.6 Å². The van der Waals surface area contributed by atoms with Crippen LogP contribution in [0.3, 0.4) is 0 Å². The van der Waals surface area contributed by atoms with E-state index in [9.17, 15) is 27.9 Å². The molecule has 1 heterocycles. The Hall–Kier alpha value is -2.78. The first-order valence-corrected chi connectivity index (χ1v) is 13.6. The molecule has 0 radical (unpaired) electrons. The highest BCUT2D eigenvalue weighted by Gasteiger charge is 2.61. The van der Waals surface area contributed by atoms with Gasteiger partial charge in [0, 0.05) is 51.0 Å². The minimum atomic E-state index is -5.15. The summed E-state index contributed by atoms with van der Waals surface area (Å²) in [5, 5.41) is 10.9. The molecule has 0 spiro atoms. The van der Waals surface area contributed by atoms with Crippen molar-refractivity contribution in [2.45, 2.75) is 57.3 Å². The predicted octanol–water partition coefficient (Wildman–Crippen LogP) is 5.73. The predicted molar refractivity (Wildman–Crippen MR) is 147 cm³/mol. The van der Waals surface area contributed by atoms with Crippen molar-refractivity contribution >= 4 is 29.1 Å². The SMILES string of the molecule is CC(C)N(C)C(=O)c1ccc(N2CCC(CCCN(C)C(=O)[C@](O)(c3ccccc3)C(F)(F)F)CC2)cc1Cl. The van der Waals surface area contributed by atoms with Gasteiger partial charge in [0.25, 0.3) is 17.4 Å². The summed E-state index contributed by atoms with van der Waals surface area (Å²) in [7, 11) is 3.04. The van der Waals surface area contributed by atoms with Gasteiger partial charge < -0.3 is 19.8 Å². The van der Waals surface area contributed by atoms with Crippen LogP contribution in [-0.4, -0.2) is 72.7 Å². The van der Waals surface area contributed by atoms with Gasteiger partial charge in [-0.05, 0) is 63.6 Å². The summed E-state index contributed by atoms with van der Waals surface area (Å²) in [4.78, 5) is 30.2. The number of amides is 2. The molecule has 39 heavy (non-hydrogen) atoms. The van der Waals surface area contributed by atoms with Gasteiger partial charge in [0.1, 0.15) is 0 Å². The van der Waals surface area contributed by atoms with E-state index in [-0.39, 0.29) is 18.5 Å². The van der Waals surface area contributed by atoms with Crippen LogP contribution < -0.4 is 4.90 Å². The first-order valence-electron chi connectivity index (χ1n) is 13.2. The summed E-state index contributed by atoms with van der Waals surface area (Å²) in [5.74, 6) is -1.13. The molecule has 0 aromatic heterocycles. The lowest BCUT2D eigenvalue weighted by atomic mass is 9.90. The molecule has 2 aromatic rings. The van der Waals surface area contributed by atoms with E-state index in [2.05, 4.69) is 4.90 Å². The molecule has 1 N–H and O–H groups in total. The molecule has 1 aliphatic heterocycles. The quantitative estimate of drug-likeness (QED) is 0.421. The van der Waals surface area contributed by atoms with Gasteiger partial charge in [-0.25, -0.2) is 0 Å². The third-order valence-corrected chi connectivity index (χ3v) is 7.93. The lowest BCUT2D eigenvalue weighted by Gasteiger charge is -2.35. The van der Waals surface area contributed by atoms with E-state index in [0.717, 1.165) is 55.1 Å².